The lowest BCUT2D eigenvalue weighted by molar-refractivity contribution is 0.0223. The number of halogens is 1. The quantitative estimate of drug-likeness (QED) is 0.859. The SMILES string of the molecule is N#Cc1ccc(Cl)cc1S(=O)(=O)NC1(CO)CCOCC1. The molecule has 0 atom stereocenters. The minimum Gasteiger partial charge on any atom is -0.394 e. The molecule has 0 saturated carbocycles. The summed E-state index contributed by atoms with van der Waals surface area (Å²) in [6.45, 7) is 0.394. The van der Waals surface area contributed by atoms with E-state index in [9.17, 15) is 13.5 Å². The van der Waals surface area contributed by atoms with Crippen molar-refractivity contribution in [3.8, 4) is 6.07 Å². The Kier molecular flexibility index (Phi) is 4.86. The van der Waals surface area contributed by atoms with Crippen LogP contribution in [0.4, 0.5) is 0 Å². The first-order chi connectivity index (χ1) is 9.92. The molecule has 0 bridgehead atoms. The molecular formula is C13H15ClN2O4S. The first kappa shape index (κ1) is 16.2. The summed E-state index contributed by atoms with van der Waals surface area (Å²) in [4.78, 5) is -0.184. The summed E-state index contributed by atoms with van der Waals surface area (Å²) in [5, 5.41) is 18.8. The largest absolute Gasteiger partial charge is 0.394 e. The Morgan fingerprint density at radius 2 is 2.10 bits per heavy atom. The fraction of sp³-hybridized carbons (Fsp3) is 0.462. The highest BCUT2D eigenvalue weighted by atomic mass is 35.5. The second-order valence-electron chi connectivity index (χ2n) is 4.91. The Balaban J connectivity index is 2.38. The summed E-state index contributed by atoms with van der Waals surface area (Å²) >= 11 is 5.82. The molecule has 1 aromatic carbocycles. The van der Waals surface area contributed by atoms with Gasteiger partial charge < -0.3 is 9.84 Å². The zero-order chi connectivity index (χ0) is 15.5. The number of hydrogen-bond donors (Lipinski definition) is 2. The second kappa shape index (κ2) is 6.30. The summed E-state index contributed by atoms with van der Waals surface area (Å²) in [6, 6.07) is 5.87. The van der Waals surface area contributed by atoms with Crippen molar-refractivity contribution in [1.82, 2.24) is 4.72 Å². The number of ether oxygens (including phenoxy) is 1. The molecule has 0 amide bonds. The molecule has 0 aliphatic carbocycles. The Bertz CT molecular complexity index is 663. The molecule has 21 heavy (non-hydrogen) atoms. The fourth-order valence-electron chi connectivity index (χ4n) is 2.21. The molecule has 0 radical (unpaired) electrons. The topological polar surface area (TPSA) is 99.4 Å². The standard InChI is InChI=1S/C13H15ClN2O4S/c14-11-2-1-10(8-15)12(7-11)21(18,19)16-13(9-17)3-5-20-6-4-13/h1-2,7,16-17H,3-6,9H2. The predicted octanol–water partition coefficient (Wildman–Crippen LogP) is 1.03. The molecule has 1 aromatic rings. The Morgan fingerprint density at radius 3 is 2.67 bits per heavy atom. The van der Waals surface area contributed by atoms with Crippen molar-refractivity contribution in [2.75, 3.05) is 19.8 Å². The van der Waals surface area contributed by atoms with Crippen LogP contribution in [0.1, 0.15) is 18.4 Å². The molecule has 8 heteroatoms. The molecule has 1 saturated heterocycles. The van der Waals surface area contributed by atoms with Crippen molar-refractivity contribution in [1.29, 1.82) is 5.26 Å². The third kappa shape index (κ3) is 3.54. The fourth-order valence-corrected chi connectivity index (χ4v) is 4.08. The van der Waals surface area contributed by atoms with E-state index in [1.54, 1.807) is 0 Å². The molecule has 1 fully saturated rings. The van der Waals surface area contributed by atoms with E-state index in [1.165, 1.54) is 18.2 Å². The van der Waals surface area contributed by atoms with Crippen LogP contribution >= 0.6 is 11.6 Å². The Hall–Kier alpha value is -1.17. The Labute approximate surface area is 128 Å². The Morgan fingerprint density at radius 1 is 1.43 bits per heavy atom. The smallest absolute Gasteiger partial charge is 0.242 e. The van der Waals surface area contributed by atoms with Crippen LogP contribution in [0.2, 0.25) is 5.02 Å². The maximum atomic E-state index is 12.5. The molecule has 1 aliphatic rings. The summed E-state index contributed by atoms with van der Waals surface area (Å²) in [5.41, 5.74) is -0.960. The molecule has 1 aliphatic heterocycles. The van der Waals surface area contributed by atoms with Gasteiger partial charge in [0.15, 0.2) is 0 Å². The number of aliphatic hydroxyl groups excluding tert-OH is 1. The van der Waals surface area contributed by atoms with Crippen molar-refractivity contribution in [3.63, 3.8) is 0 Å². The summed E-state index contributed by atoms with van der Waals surface area (Å²) in [7, 11) is -3.97. The van der Waals surface area contributed by atoms with Gasteiger partial charge >= 0.3 is 0 Å². The monoisotopic (exact) mass is 330 g/mol. The van der Waals surface area contributed by atoms with Crippen molar-refractivity contribution >= 4 is 21.6 Å². The molecule has 0 aromatic heterocycles. The van der Waals surface area contributed by atoms with Crippen LogP contribution in [0.3, 0.4) is 0 Å². The van der Waals surface area contributed by atoms with Gasteiger partial charge in [-0.25, -0.2) is 13.1 Å². The number of nitriles is 1. The summed E-state index contributed by atoms with van der Waals surface area (Å²) in [6.07, 6.45) is 0.733. The number of nitrogens with one attached hydrogen (secondary N) is 1. The van der Waals surface area contributed by atoms with Gasteiger partial charge in [-0.3, -0.25) is 0 Å². The number of rotatable bonds is 4. The van der Waals surface area contributed by atoms with Crippen LogP contribution in [-0.2, 0) is 14.8 Å². The summed E-state index contributed by atoms with van der Waals surface area (Å²) < 4.78 is 32.7. The zero-order valence-electron chi connectivity index (χ0n) is 11.2. The van der Waals surface area contributed by atoms with Gasteiger partial charge in [0.1, 0.15) is 11.0 Å². The third-order valence-corrected chi connectivity index (χ3v) is 5.31. The van der Waals surface area contributed by atoms with Crippen LogP contribution in [0, 0.1) is 11.3 Å². The van der Waals surface area contributed by atoms with Gasteiger partial charge in [0.25, 0.3) is 0 Å². The average molecular weight is 331 g/mol. The lowest BCUT2D eigenvalue weighted by Crippen LogP contribution is -2.54. The van der Waals surface area contributed by atoms with E-state index in [2.05, 4.69) is 4.72 Å². The van der Waals surface area contributed by atoms with Crippen LogP contribution in [0.15, 0.2) is 23.1 Å². The summed E-state index contributed by atoms with van der Waals surface area (Å²) in [5.74, 6) is 0. The highest BCUT2D eigenvalue weighted by Crippen LogP contribution is 2.26. The highest BCUT2D eigenvalue weighted by molar-refractivity contribution is 7.89. The molecular weight excluding hydrogens is 316 g/mol. The minimum atomic E-state index is -3.97. The molecule has 2 N–H and O–H groups in total. The molecule has 0 spiro atoms. The van der Waals surface area contributed by atoms with Crippen LogP contribution in [0.25, 0.3) is 0 Å². The van der Waals surface area contributed by atoms with Crippen LogP contribution in [0.5, 0.6) is 0 Å². The molecule has 6 nitrogen and oxygen atoms in total. The third-order valence-electron chi connectivity index (χ3n) is 3.46. The molecule has 2 rings (SSSR count). The highest BCUT2D eigenvalue weighted by Gasteiger charge is 2.37. The molecule has 114 valence electrons. The van der Waals surface area contributed by atoms with Gasteiger partial charge in [0.05, 0.1) is 17.7 Å². The van der Waals surface area contributed by atoms with Gasteiger partial charge in [0.2, 0.25) is 10.0 Å². The first-order valence-corrected chi connectivity index (χ1v) is 8.21. The molecule has 1 heterocycles. The maximum Gasteiger partial charge on any atom is 0.242 e. The number of sulfonamides is 1. The van der Waals surface area contributed by atoms with E-state index >= 15 is 0 Å². The van der Waals surface area contributed by atoms with E-state index in [-0.39, 0.29) is 22.1 Å². The predicted molar refractivity (Wildman–Crippen MR) is 76.4 cm³/mol. The number of hydrogen-bond acceptors (Lipinski definition) is 5. The van der Waals surface area contributed by atoms with Crippen molar-refractivity contribution in [2.24, 2.45) is 0 Å². The lowest BCUT2D eigenvalue weighted by Gasteiger charge is -2.35. The van der Waals surface area contributed by atoms with Gasteiger partial charge in [-0.1, -0.05) is 11.6 Å². The van der Waals surface area contributed by atoms with Gasteiger partial charge in [-0.2, -0.15) is 5.26 Å². The van der Waals surface area contributed by atoms with E-state index < -0.39 is 15.6 Å². The normalized spacial score (nSPS) is 18.1. The van der Waals surface area contributed by atoms with E-state index in [0.29, 0.717) is 26.1 Å². The number of benzene rings is 1. The minimum absolute atomic E-state index is 0.00653. The van der Waals surface area contributed by atoms with E-state index in [1.807, 2.05) is 6.07 Å². The van der Waals surface area contributed by atoms with E-state index in [4.69, 9.17) is 21.6 Å². The van der Waals surface area contributed by atoms with E-state index in [0.717, 1.165) is 0 Å². The first-order valence-electron chi connectivity index (χ1n) is 6.35. The van der Waals surface area contributed by atoms with Crippen molar-refractivity contribution in [3.05, 3.63) is 28.8 Å². The average Bonchev–Trinajstić information content (AvgIpc) is 2.47. The van der Waals surface area contributed by atoms with Gasteiger partial charge in [0, 0.05) is 18.2 Å². The van der Waals surface area contributed by atoms with Crippen LogP contribution < -0.4 is 4.72 Å². The maximum absolute atomic E-state index is 12.5. The lowest BCUT2D eigenvalue weighted by atomic mass is 9.93. The van der Waals surface area contributed by atoms with Gasteiger partial charge in [-0.15, -0.1) is 0 Å². The molecule has 0 unspecified atom stereocenters. The zero-order valence-corrected chi connectivity index (χ0v) is 12.7. The second-order valence-corrected chi connectivity index (χ2v) is 7.00. The van der Waals surface area contributed by atoms with Crippen molar-refractivity contribution in [2.45, 2.75) is 23.3 Å². The van der Waals surface area contributed by atoms with Crippen LogP contribution in [-0.4, -0.2) is 38.9 Å². The number of aliphatic hydroxyl groups is 1. The van der Waals surface area contributed by atoms with Gasteiger partial charge in [-0.05, 0) is 31.0 Å². The number of nitrogens with zero attached hydrogens (tertiary/aromatic N) is 1. The van der Waals surface area contributed by atoms with Crippen molar-refractivity contribution < 1.29 is 18.3 Å².